The molecule has 1 atom stereocenters. The number of hydrogen-bond donors (Lipinski definition) is 4. The lowest BCUT2D eigenvalue weighted by atomic mass is 9.93. The number of pyridine rings is 1. The summed E-state index contributed by atoms with van der Waals surface area (Å²) in [6.07, 6.45) is 3.50. The average Bonchev–Trinajstić information content (AvgIpc) is 3.74. The van der Waals surface area contributed by atoms with Crippen molar-refractivity contribution in [3.05, 3.63) is 81.9 Å². The van der Waals surface area contributed by atoms with E-state index in [9.17, 15) is 18.0 Å². The van der Waals surface area contributed by atoms with Gasteiger partial charge in [-0.2, -0.15) is 0 Å². The van der Waals surface area contributed by atoms with Crippen molar-refractivity contribution in [3.8, 4) is 17.0 Å². The zero-order valence-corrected chi connectivity index (χ0v) is 25.6. The Bertz CT molecular complexity index is 1430. The maximum atomic E-state index is 13.3. The number of methoxy groups -OCH3 is 1. The number of aryl methyl sites for hydroxylation is 1. The molecule has 1 aromatic heterocycles. The molecule has 5 rings (SSSR count). The van der Waals surface area contributed by atoms with E-state index in [0.717, 1.165) is 60.7 Å². The topological polar surface area (TPSA) is 146 Å². The first-order chi connectivity index (χ1) is 21.1. The molecule has 2 aromatic carbocycles. The number of amides is 1. The van der Waals surface area contributed by atoms with Crippen LogP contribution in [0.5, 0.6) is 5.75 Å². The molecule has 7 N–H and O–H groups in total. The molecule has 1 unspecified atom stereocenters. The highest BCUT2D eigenvalue weighted by Gasteiger charge is 2.46. The van der Waals surface area contributed by atoms with Crippen molar-refractivity contribution < 1.29 is 27.5 Å². The van der Waals surface area contributed by atoms with Gasteiger partial charge in [-0.05, 0) is 111 Å². The molecule has 1 amide bonds. The number of rotatable bonds is 8. The van der Waals surface area contributed by atoms with Gasteiger partial charge in [0.25, 0.3) is 6.43 Å². The lowest BCUT2D eigenvalue weighted by molar-refractivity contribution is -0.109. The van der Waals surface area contributed by atoms with Gasteiger partial charge in [-0.25, -0.2) is 13.2 Å². The van der Waals surface area contributed by atoms with Crippen molar-refractivity contribution in [1.82, 2.24) is 10.3 Å². The number of hydrogen-bond acceptors (Lipinski definition) is 7. The van der Waals surface area contributed by atoms with Crippen LogP contribution in [0.2, 0.25) is 0 Å². The number of nitrogens with zero attached hydrogens (tertiary/aromatic N) is 1. The first-order valence-corrected chi connectivity index (χ1v) is 14.1. The first kappa shape index (κ1) is 35.8. The summed E-state index contributed by atoms with van der Waals surface area (Å²) in [7, 11) is 2.97. The highest BCUT2D eigenvalue weighted by atomic mass is 19.3. The van der Waals surface area contributed by atoms with E-state index in [2.05, 4.69) is 24.0 Å². The van der Waals surface area contributed by atoms with E-state index in [0.29, 0.717) is 29.5 Å². The van der Waals surface area contributed by atoms with E-state index in [-0.39, 0.29) is 11.2 Å². The highest BCUT2D eigenvalue weighted by Crippen LogP contribution is 2.49. The summed E-state index contributed by atoms with van der Waals surface area (Å²) in [5.41, 5.74) is 22.2. The fraction of sp³-hybridized carbons (Fsp3) is 0.364. The summed E-state index contributed by atoms with van der Waals surface area (Å²) in [4.78, 5) is 23.7. The first-order valence-electron chi connectivity index (χ1n) is 14.1. The van der Waals surface area contributed by atoms with E-state index >= 15 is 0 Å². The molecule has 1 heterocycles. The van der Waals surface area contributed by atoms with E-state index < -0.39 is 12.1 Å². The lowest BCUT2D eigenvalue weighted by Gasteiger charge is -2.19. The largest absolute Gasteiger partial charge is 0.495 e. The number of alkyl halides is 2. The molecule has 0 radical (unpaired) electrons. The number of carbonyl (C=O) groups is 2. The Hall–Kier alpha value is -4.38. The van der Waals surface area contributed by atoms with E-state index in [1.54, 1.807) is 12.1 Å². The van der Waals surface area contributed by atoms with Crippen molar-refractivity contribution in [2.75, 3.05) is 26.4 Å². The van der Waals surface area contributed by atoms with E-state index in [4.69, 9.17) is 26.0 Å². The van der Waals surface area contributed by atoms with Gasteiger partial charge in [-0.15, -0.1) is 0 Å². The third-order valence-electron chi connectivity index (χ3n) is 7.67. The number of benzene rings is 2. The fourth-order valence-electron chi connectivity index (χ4n) is 5.16. The summed E-state index contributed by atoms with van der Waals surface area (Å²) in [6.45, 7) is 6.71. The van der Waals surface area contributed by atoms with Crippen LogP contribution in [0.4, 0.5) is 18.9 Å². The van der Waals surface area contributed by atoms with Gasteiger partial charge in [0.15, 0.2) is 0 Å². The zero-order valence-electron chi connectivity index (χ0n) is 25.6. The third-order valence-corrected chi connectivity index (χ3v) is 7.67. The number of nitrogen functional groups attached to an aromatic ring is 1. The van der Waals surface area contributed by atoms with E-state index in [1.165, 1.54) is 37.4 Å². The Morgan fingerprint density at radius 1 is 1.18 bits per heavy atom. The molecule has 0 saturated heterocycles. The summed E-state index contributed by atoms with van der Waals surface area (Å²) in [6, 6.07) is 12.3. The minimum atomic E-state index is -2.69. The molecule has 11 heteroatoms. The quantitative estimate of drug-likeness (QED) is 0.200. The smallest absolute Gasteiger partial charge is 0.277 e. The van der Waals surface area contributed by atoms with Gasteiger partial charge in [0.2, 0.25) is 6.41 Å². The minimum absolute atomic E-state index is 0.0208. The predicted octanol–water partition coefficient (Wildman–Crippen LogP) is 5.26. The third kappa shape index (κ3) is 8.59. The molecule has 8 nitrogen and oxygen atoms in total. The number of nitrogens with one attached hydrogen (secondary N) is 1. The highest BCUT2D eigenvalue weighted by molar-refractivity contribution is 5.72. The van der Waals surface area contributed by atoms with Gasteiger partial charge in [-0.3, -0.25) is 9.78 Å². The molecule has 0 spiro atoms. The van der Waals surface area contributed by atoms with Crippen molar-refractivity contribution in [2.45, 2.75) is 57.3 Å². The molecule has 2 aliphatic carbocycles. The number of carbonyl (C=O) groups excluding carboxylic acids is 2. The summed E-state index contributed by atoms with van der Waals surface area (Å²) in [5.74, 6) is 0.748. The van der Waals surface area contributed by atoms with Crippen LogP contribution >= 0.6 is 0 Å². The SMILES string of the molecule is C=O.CC1CCc2c1cc(C1(CNC=O)CC1)nc2-c1ccc(F)cc1.CN.COc1cc(C)cc(/C=C(\N)C(F)F)c1N. The normalized spacial score (nSPS) is 15.8. The Morgan fingerprint density at radius 3 is 2.36 bits per heavy atom. The second-order valence-electron chi connectivity index (χ2n) is 10.6. The Morgan fingerprint density at radius 2 is 1.82 bits per heavy atom. The van der Waals surface area contributed by atoms with Crippen LogP contribution in [0.3, 0.4) is 0 Å². The van der Waals surface area contributed by atoms with Crippen LogP contribution in [-0.4, -0.2) is 45.3 Å². The number of fused-ring (bicyclic) bond motifs is 1. The lowest BCUT2D eigenvalue weighted by Crippen LogP contribution is -2.27. The number of nitrogens with two attached hydrogens (primary N) is 3. The van der Waals surface area contributed by atoms with Crippen molar-refractivity contribution >= 4 is 25.0 Å². The monoisotopic (exact) mass is 613 g/mol. The molecular formula is C33H42F3N5O3. The van der Waals surface area contributed by atoms with Crippen LogP contribution < -0.4 is 27.3 Å². The van der Waals surface area contributed by atoms with Gasteiger partial charge < -0.3 is 32.0 Å². The fourth-order valence-corrected chi connectivity index (χ4v) is 5.16. The minimum Gasteiger partial charge on any atom is -0.495 e. The second-order valence-corrected chi connectivity index (χ2v) is 10.6. The summed E-state index contributed by atoms with van der Waals surface area (Å²) in [5, 5.41) is 2.83. The molecule has 1 fully saturated rings. The molecule has 238 valence electrons. The molecular weight excluding hydrogens is 571 g/mol. The van der Waals surface area contributed by atoms with Gasteiger partial charge in [-0.1, -0.05) is 6.92 Å². The maximum absolute atomic E-state index is 13.3. The zero-order chi connectivity index (χ0) is 33.0. The molecule has 44 heavy (non-hydrogen) atoms. The van der Waals surface area contributed by atoms with Crippen LogP contribution in [-0.2, 0) is 21.4 Å². The number of halogens is 3. The standard InChI is InChI=1S/C20H21FN2O.C11H14F2N2O.CH5N.CH2O/c1-13-2-7-16-17(13)10-18(20(8-9-20)11-22-12-24)23-19(16)14-3-5-15(21)6-4-14;1-6-3-7(5-8(14)11(12)13)10(15)9(4-6)16-2;2*1-2/h3-6,10,12-13H,2,7-9,11H2,1H3,(H,22,24);3-5,11H,14-15H2,1-2H3;2H2,1H3;1H2/b;8-5-;;. The van der Waals surface area contributed by atoms with Crippen LogP contribution in [0, 0.1) is 12.7 Å². The number of aromatic nitrogens is 1. The van der Waals surface area contributed by atoms with Crippen LogP contribution in [0.25, 0.3) is 17.3 Å². The van der Waals surface area contributed by atoms with Crippen LogP contribution in [0.1, 0.15) is 60.1 Å². The number of allylic oxidation sites excluding steroid dienone is 1. The van der Waals surface area contributed by atoms with Crippen LogP contribution in [0.15, 0.2) is 48.2 Å². The number of anilines is 1. The van der Waals surface area contributed by atoms with Gasteiger partial charge in [0.05, 0.1) is 24.2 Å². The average molecular weight is 614 g/mol. The van der Waals surface area contributed by atoms with Gasteiger partial charge in [0.1, 0.15) is 18.4 Å². The Kier molecular flexibility index (Phi) is 13.4. The Balaban J connectivity index is 0.000000295. The van der Waals surface area contributed by atoms with Gasteiger partial charge in [0, 0.05) is 28.8 Å². The van der Waals surface area contributed by atoms with Crippen molar-refractivity contribution in [3.63, 3.8) is 0 Å². The summed E-state index contributed by atoms with van der Waals surface area (Å²) < 4.78 is 42.8. The summed E-state index contributed by atoms with van der Waals surface area (Å²) >= 11 is 0. The number of ether oxygens (including phenoxy) is 1. The molecule has 0 aliphatic heterocycles. The molecule has 3 aromatic rings. The van der Waals surface area contributed by atoms with E-state index in [1.807, 2.05) is 25.8 Å². The van der Waals surface area contributed by atoms with Crippen molar-refractivity contribution in [2.24, 2.45) is 11.5 Å². The molecule has 2 aliphatic rings. The predicted molar refractivity (Wildman–Crippen MR) is 169 cm³/mol. The molecule has 1 saturated carbocycles. The Labute approximate surface area is 256 Å². The maximum Gasteiger partial charge on any atom is 0.277 e. The van der Waals surface area contributed by atoms with Crippen molar-refractivity contribution in [1.29, 1.82) is 0 Å². The second kappa shape index (κ2) is 16.5. The molecule has 0 bridgehead atoms. The van der Waals surface area contributed by atoms with Gasteiger partial charge >= 0.3 is 0 Å².